The van der Waals surface area contributed by atoms with Gasteiger partial charge in [0.05, 0.1) is 0 Å². The Morgan fingerprint density at radius 3 is 2.43 bits per heavy atom. The average Bonchev–Trinajstić information content (AvgIpc) is 2.55. The van der Waals surface area contributed by atoms with Crippen molar-refractivity contribution >= 4 is 17.7 Å². The zero-order chi connectivity index (χ0) is 16.5. The molecule has 0 aliphatic heterocycles. The molecule has 5 nitrogen and oxygen atoms in total. The van der Waals surface area contributed by atoms with Crippen LogP contribution in [0.2, 0.25) is 0 Å². The Morgan fingerprint density at radius 1 is 1.00 bits per heavy atom. The second-order valence-corrected chi connectivity index (χ2v) is 5.09. The van der Waals surface area contributed by atoms with E-state index in [1.807, 2.05) is 48.5 Å². The number of carbonyl (C=O) groups is 2. The summed E-state index contributed by atoms with van der Waals surface area (Å²) in [6.07, 6.45) is 0.681. The van der Waals surface area contributed by atoms with Crippen LogP contribution >= 0.6 is 0 Å². The van der Waals surface area contributed by atoms with Crippen LogP contribution in [0, 0.1) is 0 Å². The highest BCUT2D eigenvalue weighted by molar-refractivity contribution is 5.85. The van der Waals surface area contributed by atoms with Gasteiger partial charge in [-0.05, 0) is 30.0 Å². The fourth-order valence-electron chi connectivity index (χ4n) is 2.16. The van der Waals surface area contributed by atoms with Gasteiger partial charge < -0.3 is 9.84 Å². The number of amides is 1. The number of nitrogens with one attached hydrogen (secondary N) is 1. The van der Waals surface area contributed by atoms with Gasteiger partial charge >= 0.3 is 12.1 Å². The minimum atomic E-state index is -0.822. The summed E-state index contributed by atoms with van der Waals surface area (Å²) in [5.74, 6) is -0.822. The fraction of sp³-hybridized carbons (Fsp3) is 0.222. The highest BCUT2D eigenvalue weighted by Crippen LogP contribution is 2.18. The minimum absolute atomic E-state index is 0.104. The maximum atomic E-state index is 11.9. The number of para-hydroxylation sites is 1. The van der Waals surface area contributed by atoms with Crippen LogP contribution in [0.25, 0.3) is 0 Å². The van der Waals surface area contributed by atoms with E-state index in [0.717, 1.165) is 11.1 Å². The molecule has 0 aliphatic rings. The van der Waals surface area contributed by atoms with Crippen molar-refractivity contribution < 1.29 is 19.4 Å². The van der Waals surface area contributed by atoms with Gasteiger partial charge in [-0.25, -0.2) is 4.79 Å². The van der Waals surface area contributed by atoms with Gasteiger partial charge in [-0.2, -0.15) is 0 Å². The molecule has 2 N–H and O–H groups in total. The number of ether oxygens (including phenoxy) is 1. The quantitative estimate of drug-likeness (QED) is 0.814. The summed E-state index contributed by atoms with van der Waals surface area (Å²) in [6, 6.07) is 16.7. The zero-order valence-corrected chi connectivity index (χ0v) is 12.7. The number of carboxylic acid groups (broad SMARTS) is 1. The molecule has 0 spiro atoms. The molecule has 5 heteroatoms. The van der Waals surface area contributed by atoms with E-state index >= 15 is 0 Å². The lowest BCUT2D eigenvalue weighted by Gasteiger charge is -2.11. The predicted molar refractivity (Wildman–Crippen MR) is 87.3 cm³/mol. The Morgan fingerprint density at radius 2 is 1.70 bits per heavy atom. The van der Waals surface area contributed by atoms with Crippen molar-refractivity contribution in [2.24, 2.45) is 0 Å². The van der Waals surface area contributed by atoms with Crippen LogP contribution in [0.15, 0.2) is 54.6 Å². The Hall–Kier alpha value is -2.82. The van der Waals surface area contributed by atoms with Crippen molar-refractivity contribution in [3.63, 3.8) is 0 Å². The molecule has 23 heavy (non-hydrogen) atoms. The molecule has 1 amide bonds. The van der Waals surface area contributed by atoms with E-state index in [0.29, 0.717) is 18.5 Å². The van der Waals surface area contributed by atoms with Gasteiger partial charge in [0.15, 0.2) is 0 Å². The normalized spacial score (nSPS) is 10.1. The molecule has 0 heterocycles. The molecule has 2 rings (SSSR count). The number of carboxylic acids is 1. The van der Waals surface area contributed by atoms with Crippen LogP contribution in [0.1, 0.15) is 24.0 Å². The number of hydrogen-bond donors (Lipinski definition) is 2. The number of hydrogen-bond acceptors (Lipinski definition) is 3. The third kappa shape index (κ3) is 5.82. The Kier molecular flexibility index (Phi) is 6.17. The van der Waals surface area contributed by atoms with E-state index < -0.39 is 12.1 Å². The number of aliphatic carboxylic acids is 1. The number of benzene rings is 2. The first-order valence-corrected chi connectivity index (χ1v) is 7.42. The van der Waals surface area contributed by atoms with E-state index in [4.69, 9.17) is 9.84 Å². The number of anilines is 1. The van der Waals surface area contributed by atoms with Gasteiger partial charge in [-0.15, -0.1) is 0 Å². The molecule has 2 aromatic rings. The molecule has 0 unspecified atom stereocenters. The summed E-state index contributed by atoms with van der Waals surface area (Å²) in [4.78, 5) is 22.5. The highest BCUT2D eigenvalue weighted by atomic mass is 16.5. The summed E-state index contributed by atoms with van der Waals surface area (Å²) in [7, 11) is 0. The van der Waals surface area contributed by atoms with Crippen LogP contribution < -0.4 is 5.32 Å². The average molecular weight is 313 g/mol. The molecular formula is C18H19NO4. The van der Waals surface area contributed by atoms with Crippen molar-refractivity contribution in [1.82, 2.24) is 0 Å². The molecule has 0 saturated carbocycles. The lowest BCUT2D eigenvalue weighted by molar-refractivity contribution is -0.137. The van der Waals surface area contributed by atoms with Gasteiger partial charge in [0.25, 0.3) is 0 Å². The first kappa shape index (κ1) is 16.5. The molecule has 0 bridgehead atoms. The van der Waals surface area contributed by atoms with Crippen molar-refractivity contribution in [2.75, 3.05) is 5.32 Å². The summed E-state index contributed by atoms with van der Waals surface area (Å²) < 4.78 is 5.19. The maximum Gasteiger partial charge on any atom is 0.411 e. The van der Waals surface area contributed by atoms with Gasteiger partial charge in [-0.3, -0.25) is 10.1 Å². The Labute approximate surface area is 134 Å². The Bertz CT molecular complexity index is 655. The standard InChI is InChI=1S/C18H19NO4/c20-17(21)12-6-10-15-9-4-5-11-16(15)19-18(22)23-13-14-7-2-1-3-8-14/h1-5,7-9,11H,6,10,12-13H2,(H,19,22)(H,20,21). The largest absolute Gasteiger partial charge is 0.481 e. The number of aryl methyl sites for hydroxylation is 1. The van der Waals surface area contributed by atoms with Crippen LogP contribution in [0.5, 0.6) is 0 Å². The first-order chi connectivity index (χ1) is 11.1. The molecule has 0 aromatic heterocycles. The summed E-state index contributed by atoms with van der Waals surface area (Å²) in [5.41, 5.74) is 2.46. The third-order valence-corrected chi connectivity index (χ3v) is 3.30. The second kappa shape index (κ2) is 8.58. The van der Waals surface area contributed by atoms with Crippen LogP contribution in [-0.2, 0) is 22.6 Å². The highest BCUT2D eigenvalue weighted by Gasteiger charge is 2.08. The first-order valence-electron chi connectivity index (χ1n) is 7.42. The van der Waals surface area contributed by atoms with Crippen molar-refractivity contribution in [3.8, 4) is 0 Å². The molecule has 0 aliphatic carbocycles. The van der Waals surface area contributed by atoms with Gasteiger partial charge in [0.2, 0.25) is 0 Å². The van der Waals surface area contributed by atoms with Crippen LogP contribution in [0.4, 0.5) is 10.5 Å². The van der Waals surface area contributed by atoms with Gasteiger partial charge in [0.1, 0.15) is 6.61 Å². The molecule has 0 atom stereocenters. The Balaban J connectivity index is 1.88. The van der Waals surface area contributed by atoms with Crippen molar-refractivity contribution in [2.45, 2.75) is 25.9 Å². The molecular weight excluding hydrogens is 294 g/mol. The molecule has 0 saturated heterocycles. The molecule has 0 radical (unpaired) electrons. The molecule has 120 valence electrons. The van der Waals surface area contributed by atoms with Crippen LogP contribution in [-0.4, -0.2) is 17.2 Å². The van der Waals surface area contributed by atoms with E-state index in [9.17, 15) is 9.59 Å². The van der Waals surface area contributed by atoms with Crippen molar-refractivity contribution in [3.05, 3.63) is 65.7 Å². The molecule has 2 aromatic carbocycles. The SMILES string of the molecule is O=C(O)CCCc1ccccc1NC(=O)OCc1ccccc1. The predicted octanol–water partition coefficient (Wildman–Crippen LogP) is 3.84. The minimum Gasteiger partial charge on any atom is -0.481 e. The van der Waals surface area contributed by atoms with Crippen molar-refractivity contribution in [1.29, 1.82) is 0 Å². The van der Waals surface area contributed by atoms with Gasteiger partial charge in [0, 0.05) is 12.1 Å². The lowest BCUT2D eigenvalue weighted by Crippen LogP contribution is -2.14. The number of rotatable bonds is 7. The fourth-order valence-corrected chi connectivity index (χ4v) is 2.16. The van der Waals surface area contributed by atoms with E-state index in [1.54, 1.807) is 6.07 Å². The maximum absolute atomic E-state index is 11.9. The summed E-state index contributed by atoms with van der Waals surface area (Å²) in [6.45, 7) is 0.202. The van der Waals surface area contributed by atoms with E-state index in [1.165, 1.54) is 0 Å². The summed E-state index contributed by atoms with van der Waals surface area (Å²) >= 11 is 0. The monoisotopic (exact) mass is 313 g/mol. The number of carbonyl (C=O) groups excluding carboxylic acids is 1. The van der Waals surface area contributed by atoms with Crippen LogP contribution in [0.3, 0.4) is 0 Å². The van der Waals surface area contributed by atoms with E-state index in [2.05, 4.69) is 5.32 Å². The van der Waals surface area contributed by atoms with Gasteiger partial charge in [-0.1, -0.05) is 48.5 Å². The summed E-state index contributed by atoms with van der Waals surface area (Å²) in [5, 5.41) is 11.4. The molecule has 0 fully saturated rings. The lowest BCUT2D eigenvalue weighted by atomic mass is 10.1. The smallest absolute Gasteiger partial charge is 0.411 e. The van der Waals surface area contributed by atoms with E-state index in [-0.39, 0.29) is 13.0 Å². The third-order valence-electron chi connectivity index (χ3n) is 3.30. The topological polar surface area (TPSA) is 75.6 Å². The second-order valence-electron chi connectivity index (χ2n) is 5.09. The zero-order valence-electron chi connectivity index (χ0n) is 12.7.